The molecule has 1 saturated carbocycles. The molecule has 1 aliphatic carbocycles. The van der Waals surface area contributed by atoms with Crippen LogP contribution in [0.5, 0.6) is 0 Å². The molecule has 1 aromatic rings. The van der Waals surface area contributed by atoms with Gasteiger partial charge in [-0.25, -0.2) is 4.98 Å². The highest BCUT2D eigenvalue weighted by molar-refractivity contribution is 7.09. The summed E-state index contributed by atoms with van der Waals surface area (Å²) in [5, 5.41) is 2.67. The number of nitrogens with zero attached hydrogens (tertiary/aromatic N) is 3. The Morgan fingerprint density at radius 3 is 2.76 bits per heavy atom. The van der Waals surface area contributed by atoms with Crippen LogP contribution in [0.4, 0.5) is 0 Å². The lowest BCUT2D eigenvalue weighted by Crippen LogP contribution is -2.38. The van der Waals surface area contributed by atoms with E-state index in [9.17, 15) is 4.79 Å². The van der Waals surface area contributed by atoms with E-state index in [2.05, 4.69) is 9.88 Å². The zero-order valence-electron chi connectivity index (χ0n) is 12.5. The van der Waals surface area contributed by atoms with Crippen molar-refractivity contribution in [1.29, 1.82) is 0 Å². The summed E-state index contributed by atoms with van der Waals surface area (Å²) in [5.74, 6) is 0.0687. The summed E-state index contributed by atoms with van der Waals surface area (Å²) in [7, 11) is 0. The normalized spacial score (nSPS) is 21.7. The molecule has 2 aliphatic rings. The molecular weight excluding hydrogens is 284 g/mol. The monoisotopic (exact) mass is 308 g/mol. The van der Waals surface area contributed by atoms with Crippen LogP contribution < -0.4 is 5.73 Å². The maximum Gasteiger partial charge on any atom is 0.273 e. The minimum absolute atomic E-state index is 0.0687. The minimum atomic E-state index is 0.0687. The average molecular weight is 308 g/mol. The number of thiazole rings is 1. The van der Waals surface area contributed by atoms with E-state index in [0.29, 0.717) is 12.2 Å². The SMILES string of the molecule is NCc1nc(C(=O)N2CCCN(C3CCCC3)CC2)cs1. The molecule has 0 bridgehead atoms. The van der Waals surface area contributed by atoms with Gasteiger partial charge in [0.25, 0.3) is 5.91 Å². The third-order valence-electron chi connectivity index (χ3n) is 4.60. The smallest absolute Gasteiger partial charge is 0.273 e. The molecule has 116 valence electrons. The van der Waals surface area contributed by atoms with Gasteiger partial charge < -0.3 is 10.6 Å². The van der Waals surface area contributed by atoms with E-state index in [1.165, 1.54) is 37.0 Å². The van der Waals surface area contributed by atoms with E-state index in [0.717, 1.165) is 43.6 Å². The number of nitrogens with two attached hydrogens (primary N) is 1. The molecule has 21 heavy (non-hydrogen) atoms. The Hall–Kier alpha value is -0.980. The maximum atomic E-state index is 12.5. The first kappa shape index (κ1) is 14.9. The van der Waals surface area contributed by atoms with Crippen LogP contribution in [0.1, 0.15) is 47.6 Å². The predicted octanol–water partition coefficient (Wildman–Crippen LogP) is 1.69. The molecule has 3 rings (SSSR count). The summed E-state index contributed by atoms with van der Waals surface area (Å²) >= 11 is 1.47. The van der Waals surface area contributed by atoms with Gasteiger partial charge in [-0.3, -0.25) is 9.69 Å². The van der Waals surface area contributed by atoms with Gasteiger partial charge in [0.1, 0.15) is 10.7 Å². The highest BCUT2D eigenvalue weighted by Gasteiger charge is 2.27. The molecule has 2 N–H and O–H groups in total. The summed E-state index contributed by atoms with van der Waals surface area (Å²) in [6.07, 6.45) is 6.46. The number of carbonyl (C=O) groups is 1. The third-order valence-corrected chi connectivity index (χ3v) is 5.48. The van der Waals surface area contributed by atoms with E-state index in [-0.39, 0.29) is 5.91 Å². The van der Waals surface area contributed by atoms with Crippen molar-refractivity contribution in [2.75, 3.05) is 26.2 Å². The number of carbonyl (C=O) groups excluding carboxylic acids is 1. The van der Waals surface area contributed by atoms with Crippen molar-refractivity contribution in [2.24, 2.45) is 5.73 Å². The molecular formula is C15H24N4OS. The first-order valence-corrected chi connectivity index (χ1v) is 8.83. The summed E-state index contributed by atoms with van der Waals surface area (Å²) < 4.78 is 0. The van der Waals surface area contributed by atoms with E-state index in [1.807, 2.05) is 10.3 Å². The molecule has 0 unspecified atom stereocenters. The van der Waals surface area contributed by atoms with Crippen molar-refractivity contribution in [1.82, 2.24) is 14.8 Å². The second-order valence-corrected chi connectivity index (χ2v) is 6.89. The number of hydrogen-bond donors (Lipinski definition) is 1. The Labute approximate surface area is 130 Å². The summed E-state index contributed by atoms with van der Waals surface area (Å²) in [5.41, 5.74) is 6.14. The van der Waals surface area contributed by atoms with Crippen molar-refractivity contribution in [3.05, 3.63) is 16.1 Å². The van der Waals surface area contributed by atoms with Crippen molar-refractivity contribution in [2.45, 2.75) is 44.7 Å². The molecule has 0 radical (unpaired) electrons. The lowest BCUT2D eigenvalue weighted by molar-refractivity contribution is 0.0753. The first-order valence-electron chi connectivity index (χ1n) is 7.95. The molecule has 0 atom stereocenters. The highest BCUT2D eigenvalue weighted by atomic mass is 32.1. The van der Waals surface area contributed by atoms with Crippen LogP contribution >= 0.6 is 11.3 Å². The van der Waals surface area contributed by atoms with Gasteiger partial charge in [0.15, 0.2) is 0 Å². The number of hydrogen-bond acceptors (Lipinski definition) is 5. The van der Waals surface area contributed by atoms with Gasteiger partial charge in [-0.15, -0.1) is 11.3 Å². The summed E-state index contributed by atoms with van der Waals surface area (Å²) in [6, 6.07) is 0.753. The van der Waals surface area contributed by atoms with Crippen LogP contribution in [0.15, 0.2) is 5.38 Å². The summed E-state index contributed by atoms with van der Waals surface area (Å²) in [4.78, 5) is 21.4. The zero-order valence-corrected chi connectivity index (χ0v) is 13.3. The van der Waals surface area contributed by atoms with Crippen LogP contribution in [0.2, 0.25) is 0 Å². The third kappa shape index (κ3) is 3.44. The van der Waals surface area contributed by atoms with Gasteiger partial charge in [0.05, 0.1) is 0 Å². The lowest BCUT2D eigenvalue weighted by atomic mass is 10.2. The van der Waals surface area contributed by atoms with Crippen LogP contribution in [0.25, 0.3) is 0 Å². The Kier molecular flexibility index (Phi) is 4.87. The molecule has 2 heterocycles. The largest absolute Gasteiger partial charge is 0.336 e. The Bertz CT molecular complexity index is 484. The van der Waals surface area contributed by atoms with E-state index in [1.54, 1.807) is 0 Å². The number of rotatable bonds is 3. The average Bonchev–Trinajstić information content (AvgIpc) is 3.14. The Morgan fingerprint density at radius 2 is 2.05 bits per heavy atom. The van der Waals surface area contributed by atoms with Gasteiger partial charge in [0, 0.05) is 44.1 Å². The standard InChI is InChI=1S/C15H24N4OS/c16-10-14-17-13(11-21-14)15(20)19-7-3-6-18(8-9-19)12-4-1-2-5-12/h11-12H,1-10,16H2. The minimum Gasteiger partial charge on any atom is -0.336 e. The van der Waals surface area contributed by atoms with Gasteiger partial charge in [0.2, 0.25) is 0 Å². The Balaban J connectivity index is 1.60. The van der Waals surface area contributed by atoms with Crippen molar-refractivity contribution in [3.63, 3.8) is 0 Å². The second kappa shape index (κ2) is 6.85. The molecule has 1 amide bonds. The van der Waals surface area contributed by atoms with Gasteiger partial charge in [-0.05, 0) is 19.3 Å². The fourth-order valence-electron chi connectivity index (χ4n) is 3.44. The lowest BCUT2D eigenvalue weighted by Gasteiger charge is -2.27. The predicted molar refractivity (Wildman–Crippen MR) is 84.4 cm³/mol. The number of aromatic nitrogens is 1. The first-order chi connectivity index (χ1) is 10.3. The van der Waals surface area contributed by atoms with E-state index < -0.39 is 0 Å². The van der Waals surface area contributed by atoms with Crippen LogP contribution in [-0.4, -0.2) is 52.9 Å². The van der Waals surface area contributed by atoms with Crippen molar-refractivity contribution in [3.8, 4) is 0 Å². The topological polar surface area (TPSA) is 62.5 Å². The molecule has 1 aliphatic heterocycles. The van der Waals surface area contributed by atoms with Crippen molar-refractivity contribution >= 4 is 17.2 Å². The quantitative estimate of drug-likeness (QED) is 0.923. The molecule has 6 heteroatoms. The molecule has 1 saturated heterocycles. The van der Waals surface area contributed by atoms with Crippen LogP contribution in [0, 0.1) is 0 Å². The van der Waals surface area contributed by atoms with E-state index in [4.69, 9.17) is 5.73 Å². The molecule has 0 aromatic carbocycles. The zero-order chi connectivity index (χ0) is 14.7. The highest BCUT2D eigenvalue weighted by Crippen LogP contribution is 2.24. The number of amides is 1. The molecule has 0 spiro atoms. The maximum absolute atomic E-state index is 12.5. The van der Waals surface area contributed by atoms with E-state index >= 15 is 0 Å². The molecule has 5 nitrogen and oxygen atoms in total. The fraction of sp³-hybridized carbons (Fsp3) is 0.733. The van der Waals surface area contributed by atoms with Crippen LogP contribution in [0.3, 0.4) is 0 Å². The summed E-state index contributed by atoms with van der Waals surface area (Å²) in [6.45, 7) is 4.21. The van der Waals surface area contributed by atoms with Gasteiger partial charge in [-0.1, -0.05) is 12.8 Å². The van der Waals surface area contributed by atoms with Crippen molar-refractivity contribution < 1.29 is 4.79 Å². The van der Waals surface area contributed by atoms with Gasteiger partial charge >= 0.3 is 0 Å². The van der Waals surface area contributed by atoms with Crippen LogP contribution in [-0.2, 0) is 6.54 Å². The van der Waals surface area contributed by atoms with Gasteiger partial charge in [-0.2, -0.15) is 0 Å². The molecule has 2 fully saturated rings. The Morgan fingerprint density at radius 1 is 1.24 bits per heavy atom. The second-order valence-electron chi connectivity index (χ2n) is 5.95. The fourth-order valence-corrected chi connectivity index (χ4v) is 4.09. The molecule has 1 aromatic heterocycles.